The molecule has 4 atom stereocenters. The van der Waals surface area contributed by atoms with Gasteiger partial charge in [-0.05, 0) is 30.7 Å². The lowest BCUT2D eigenvalue weighted by Gasteiger charge is -2.46. The average molecular weight is 396 g/mol. The predicted molar refractivity (Wildman–Crippen MR) is 126 cm³/mol. The molecule has 1 aliphatic heterocycles. The van der Waals surface area contributed by atoms with Crippen LogP contribution in [0.15, 0.2) is 103 Å². The molecule has 3 aromatic carbocycles. The fraction of sp³-hybridized carbons (Fsp3) is 0.214. The predicted octanol–water partition coefficient (Wildman–Crippen LogP) is 6.24. The summed E-state index contributed by atoms with van der Waals surface area (Å²) in [5.41, 5.74) is 3.61. The van der Waals surface area contributed by atoms with E-state index in [0.717, 1.165) is 0 Å². The quantitative estimate of drug-likeness (QED) is 0.507. The second-order valence-corrected chi connectivity index (χ2v) is 7.87. The third-order valence-electron chi connectivity index (χ3n) is 5.88. The minimum atomic E-state index is -0.0448. The zero-order chi connectivity index (χ0) is 20.8. The molecule has 0 spiro atoms. The van der Waals surface area contributed by atoms with Crippen molar-refractivity contribution in [1.82, 2.24) is 4.90 Å². The van der Waals surface area contributed by atoms with Gasteiger partial charge in [0.15, 0.2) is 0 Å². The zero-order valence-electron chi connectivity index (χ0n) is 17.6. The van der Waals surface area contributed by atoms with Crippen LogP contribution in [0, 0.1) is 0 Å². The van der Waals surface area contributed by atoms with Gasteiger partial charge in [0.2, 0.25) is 0 Å². The monoisotopic (exact) mass is 395 g/mol. The number of likely N-dealkylation sites (N-methyl/N-ethyl adjacent to an activating group) is 1. The molecule has 2 nitrogen and oxygen atoms in total. The summed E-state index contributed by atoms with van der Waals surface area (Å²) < 4.78 is 6.70. The van der Waals surface area contributed by atoms with E-state index in [0.29, 0.717) is 0 Å². The Morgan fingerprint density at radius 1 is 0.700 bits per heavy atom. The van der Waals surface area contributed by atoms with Gasteiger partial charge in [0.05, 0.1) is 18.2 Å². The number of benzene rings is 3. The third kappa shape index (κ3) is 4.79. The molecule has 0 saturated carbocycles. The lowest BCUT2D eigenvalue weighted by atomic mass is 9.94. The fourth-order valence-corrected chi connectivity index (χ4v) is 4.03. The molecular weight excluding hydrogens is 366 g/mol. The maximum absolute atomic E-state index is 6.70. The van der Waals surface area contributed by atoms with Gasteiger partial charge in [0.1, 0.15) is 0 Å². The lowest BCUT2D eigenvalue weighted by Crippen LogP contribution is -2.53. The van der Waals surface area contributed by atoms with Crippen LogP contribution in [0.3, 0.4) is 0 Å². The summed E-state index contributed by atoms with van der Waals surface area (Å²) in [6.07, 6.45) is 8.82. The van der Waals surface area contributed by atoms with Crippen molar-refractivity contribution in [2.24, 2.45) is 0 Å². The molecule has 3 aromatic rings. The van der Waals surface area contributed by atoms with Crippen LogP contribution in [-0.2, 0) is 4.74 Å². The van der Waals surface area contributed by atoms with Crippen LogP contribution < -0.4 is 0 Å². The molecule has 0 aliphatic carbocycles. The Bertz CT molecular complexity index is 965. The van der Waals surface area contributed by atoms with Crippen molar-refractivity contribution in [3.63, 3.8) is 0 Å². The van der Waals surface area contributed by atoms with Crippen molar-refractivity contribution in [3.05, 3.63) is 120 Å². The minimum absolute atomic E-state index is 0.0306. The number of morpholine rings is 1. The third-order valence-corrected chi connectivity index (χ3v) is 5.88. The summed E-state index contributed by atoms with van der Waals surface area (Å²) in [5, 5.41) is 0. The largest absolute Gasteiger partial charge is 0.363 e. The lowest BCUT2D eigenvalue weighted by molar-refractivity contribution is -0.111. The number of nitrogens with zero attached hydrogens (tertiary/aromatic N) is 1. The minimum Gasteiger partial charge on any atom is -0.363 e. The number of hydrogen-bond donors (Lipinski definition) is 0. The topological polar surface area (TPSA) is 12.5 Å². The van der Waals surface area contributed by atoms with Crippen LogP contribution in [0.5, 0.6) is 0 Å². The van der Waals surface area contributed by atoms with E-state index < -0.39 is 0 Å². The summed E-state index contributed by atoms with van der Waals surface area (Å²) >= 11 is 0. The van der Waals surface area contributed by atoms with E-state index in [1.54, 1.807) is 0 Å². The second-order valence-electron chi connectivity index (χ2n) is 7.87. The van der Waals surface area contributed by atoms with Gasteiger partial charge in [-0.1, -0.05) is 115 Å². The van der Waals surface area contributed by atoms with E-state index in [9.17, 15) is 0 Å². The molecule has 4 rings (SSSR count). The Morgan fingerprint density at radius 3 is 1.77 bits per heavy atom. The van der Waals surface area contributed by atoms with Gasteiger partial charge in [-0.2, -0.15) is 0 Å². The molecule has 2 heteroatoms. The van der Waals surface area contributed by atoms with Crippen LogP contribution in [0.2, 0.25) is 0 Å². The Kier molecular flexibility index (Phi) is 6.58. The van der Waals surface area contributed by atoms with Gasteiger partial charge in [0.25, 0.3) is 0 Å². The molecule has 0 N–H and O–H groups in total. The molecular formula is C28H29NO. The van der Waals surface area contributed by atoms with E-state index in [-0.39, 0.29) is 24.3 Å². The van der Waals surface area contributed by atoms with E-state index in [4.69, 9.17) is 4.74 Å². The van der Waals surface area contributed by atoms with Crippen LogP contribution in [0.25, 0.3) is 12.2 Å². The van der Waals surface area contributed by atoms with Crippen LogP contribution in [0.1, 0.15) is 29.7 Å². The molecule has 1 saturated heterocycles. The van der Waals surface area contributed by atoms with Gasteiger partial charge in [-0.25, -0.2) is 0 Å². The van der Waals surface area contributed by atoms with Crippen molar-refractivity contribution in [3.8, 4) is 0 Å². The summed E-state index contributed by atoms with van der Waals surface area (Å²) in [6, 6.07) is 31.8. The van der Waals surface area contributed by atoms with E-state index in [2.05, 4.69) is 122 Å². The summed E-state index contributed by atoms with van der Waals surface area (Å²) in [6.45, 7) is 2.25. The highest BCUT2D eigenvalue weighted by Crippen LogP contribution is 2.34. The molecule has 0 unspecified atom stereocenters. The normalized spacial score (nSPS) is 25.1. The first kappa shape index (κ1) is 20.3. The Balaban J connectivity index is 1.63. The fourth-order valence-electron chi connectivity index (χ4n) is 4.03. The van der Waals surface area contributed by atoms with E-state index in [1.807, 2.05) is 12.1 Å². The van der Waals surface area contributed by atoms with Gasteiger partial charge < -0.3 is 4.74 Å². The highest BCUT2D eigenvalue weighted by Gasteiger charge is 2.38. The maximum Gasteiger partial charge on any atom is 0.0986 e. The van der Waals surface area contributed by atoms with E-state index >= 15 is 0 Å². The number of ether oxygens (including phenoxy) is 1. The van der Waals surface area contributed by atoms with Crippen molar-refractivity contribution < 1.29 is 4.74 Å². The van der Waals surface area contributed by atoms with Crippen molar-refractivity contribution in [1.29, 1.82) is 0 Å². The smallest absolute Gasteiger partial charge is 0.0986 e. The summed E-state index contributed by atoms with van der Waals surface area (Å²) in [5.74, 6) is 0. The zero-order valence-corrected chi connectivity index (χ0v) is 17.6. The molecule has 0 amide bonds. The van der Waals surface area contributed by atoms with Gasteiger partial charge in [0, 0.05) is 6.04 Å². The molecule has 152 valence electrons. The average Bonchev–Trinajstić information content (AvgIpc) is 2.81. The van der Waals surface area contributed by atoms with Gasteiger partial charge in [-0.15, -0.1) is 0 Å². The molecule has 1 aliphatic rings. The molecule has 1 fully saturated rings. The van der Waals surface area contributed by atoms with Crippen LogP contribution in [-0.4, -0.2) is 30.1 Å². The first-order valence-corrected chi connectivity index (χ1v) is 10.6. The van der Waals surface area contributed by atoms with E-state index in [1.165, 1.54) is 16.7 Å². The number of hydrogen-bond acceptors (Lipinski definition) is 2. The first-order chi connectivity index (χ1) is 14.7. The first-order valence-electron chi connectivity index (χ1n) is 10.6. The standard InChI is InChI=1S/C28H29NO/c1-22-28(25-16-10-5-11-17-25)30-27(21-19-24-14-8-4-9-15-24)26(29(22)2)20-18-23-12-6-3-7-13-23/h3-22,26-28H,1-2H3/b20-18+,21-19+/t22-,26+,27-,28-/m0/s1. The molecule has 0 aromatic heterocycles. The van der Waals surface area contributed by atoms with Gasteiger partial charge >= 0.3 is 0 Å². The van der Waals surface area contributed by atoms with Crippen LogP contribution >= 0.6 is 0 Å². The SMILES string of the molecule is C[C@H]1[C@@H](c2ccccc2)O[C@@H](/C=C/c2ccccc2)[C@@H](/C=C/c2ccccc2)N1C. The highest BCUT2D eigenvalue weighted by atomic mass is 16.5. The van der Waals surface area contributed by atoms with Crippen molar-refractivity contribution in [2.75, 3.05) is 7.05 Å². The number of rotatable bonds is 5. The highest BCUT2D eigenvalue weighted by molar-refractivity contribution is 5.52. The second kappa shape index (κ2) is 9.71. The molecule has 1 heterocycles. The van der Waals surface area contributed by atoms with Crippen molar-refractivity contribution >= 4 is 12.2 Å². The van der Waals surface area contributed by atoms with Gasteiger partial charge in [-0.3, -0.25) is 4.90 Å². The summed E-state index contributed by atoms with van der Waals surface area (Å²) in [4.78, 5) is 2.43. The molecule has 0 radical (unpaired) electrons. The Hall–Kier alpha value is -2.94. The molecule has 30 heavy (non-hydrogen) atoms. The molecule has 0 bridgehead atoms. The summed E-state index contributed by atoms with van der Waals surface area (Å²) in [7, 11) is 2.20. The maximum atomic E-state index is 6.70. The van der Waals surface area contributed by atoms with Crippen LogP contribution in [0.4, 0.5) is 0 Å². The Morgan fingerprint density at radius 2 is 1.20 bits per heavy atom. The Labute approximate surface area is 180 Å². The van der Waals surface area contributed by atoms with Crippen molar-refractivity contribution in [2.45, 2.75) is 31.2 Å².